The summed E-state index contributed by atoms with van der Waals surface area (Å²) in [5, 5.41) is 8.38. The summed E-state index contributed by atoms with van der Waals surface area (Å²) < 4.78 is 14.2. The van der Waals surface area contributed by atoms with E-state index in [1.54, 1.807) is 24.3 Å². The van der Waals surface area contributed by atoms with Crippen LogP contribution in [0.2, 0.25) is 0 Å². The van der Waals surface area contributed by atoms with Gasteiger partial charge >= 0.3 is 23.9 Å². The Balaban J connectivity index is 0.000000290. The minimum Gasteiger partial charge on any atom is -0.481 e. The van der Waals surface area contributed by atoms with E-state index in [2.05, 4.69) is 11.3 Å². The molecule has 1 aromatic rings. The van der Waals surface area contributed by atoms with Gasteiger partial charge in [0.2, 0.25) is 0 Å². The van der Waals surface area contributed by atoms with Crippen LogP contribution in [0.1, 0.15) is 65.7 Å². The quantitative estimate of drug-likeness (QED) is 0.287. The van der Waals surface area contributed by atoms with Gasteiger partial charge in [0.15, 0.2) is 0 Å². The zero-order valence-electron chi connectivity index (χ0n) is 16.3. The van der Waals surface area contributed by atoms with Gasteiger partial charge in [-0.1, -0.05) is 25.8 Å². The van der Waals surface area contributed by atoms with E-state index in [1.165, 1.54) is 0 Å². The summed E-state index contributed by atoms with van der Waals surface area (Å²) in [6.07, 6.45) is 6.09. The van der Waals surface area contributed by atoms with Gasteiger partial charge in [0.25, 0.3) is 0 Å². The number of fused-ring (bicyclic) bond motifs is 7. The molecule has 2 aliphatic heterocycles. The lowest BCUT2D eigenvalue weighted by atomic mass is 10.1. The molecule has 1 N–H and O–H groups in total. The number of unbranched alkanes of at least 4 members (excludes halogenated alkanes) is 4. The van der Waals surface area contributed by atoms with Gasteiger partial charge in [-0.2, -0.15) is 0 Å². The fraction of sp³-hybridized carbons (Fsp3) is 0.429. The molecule has 2 bridgehead atoms. The number of esters is 3. The normalized spacial score (nSPS) is 12.7. The monoisotopic (exact) mass is 406 g/mol. The molecule has 0 aliphatic carbocycles. The third kappa shape index (κ3) is 10.7. The first-order chi connectivity index (χ1) is 13.9. The number of rotatable bonds is 9. The molecule has 1 aromatic carbocycles. The van der Waals surface area contributed by atoms with Gasteiger partial charge < -0.3 is 19.3 Å². The van der Waals surface area contributed by atoms with Gasteiger partial charge in [0.05, 0.1) is 17.4 Å². The molecule has 0 atom stereocenters. The van der Waals surface area contributed by atoms with Crippen molar-refractivity contribution in [2.45, 2.75) is 44.9 Å². The van der Waals surface area contributed by atoms with Crippen molar-refractivity contribution in [3.8, 4) is 0 Å². The van der Waals surface area contributed by atoms with Crippen LogP contribution in [0.4, 0.5) is 0 Å². The Kier molecular flexibility index (Phi) is 11.5. The number of hydrogen-bond acceptors (Lipinski definition) is 7. The van der Waals surface area contributed by atoms with Crippen LogP contribution in [0, 0.1) is 0 Å². The van der Waals surface area contributed by atoms with E-state index in [9.17, 15) is 19.2 Å². The lowest BCUT2D eigenvalue weighted by Gasteiger charge is -2.09. The third-order valence-corrected chi connectivity index (χ3v) is 3.89. The van der Waals surface area contributed by atoms with Crippen molar-refractivity contribution in [3.05, 3.63) is 48.2 Å². The van der Waals surface area contributed by atoms with E-state index in [0.29, 0.717) is 24.0 Å². The average molecular weight is 406 g/mol. The third-order valence-electron chi connectivity index (χ3n) is 3.89. The first kappa shape index (κ1) is 23.9. The second-order valence-corrected chi connectivity index (χ2v) is 6.17. The second-order valence-electron chi connectivity index (χ2n) is 6.17. The molecule has 0 fully saturated rings. The SMILES string of the molecule is C=COC(=O)CCCCCCCC(=O)O.O=C1OCCOC(=O)c2ccc1cc2. The maximum absolute atomic E-state index is 11.3. The van der Waals surface area contributed by atoms with Crippen LogP contribution in [0.25, 0.3) is 0 Å². The average Bonchev–Trinajstić information content (AvgIpc) is 2.70. The van der Waals surface area contributed by atoms with Crippen molar-refractivity contribution in [1.29, 1.82) is 0 Å². The van der Waals surface area contributed by atoms with Crippen molar-refractivity contribution in [2.75, 3.05) is 13.2 Å². The van der Waals surface area contributed by atoms with Crippen LogP contribution in [-0.2, 0) is 23.8 Å². The minimum atomic E-state index is -0.746. The van der Waals surface area contributed by atoms with Crippen LogP contribution in [0.5, 0.6) is 0 Å². The van der Waals surface area contributed by atoms with E-state index in [1.807, 2.05) is 0 Å². The van der Waals surface area contributed by atoms with Gasteiger partial charge in [-0.25, -0.2) is 9.59 Å². The number of carbonyl (C=O) groups is 4. The van der Waals surface area contributed by atoms with Gasteiger partial charge in [0, 0.05) is 12.8 Å². The standard InChI is InChI=1S/C11H18O4.C10H8O4/c1-2-15-11(14)9-7-5-3-4-6-8-10(12)13;11-9-7-1-2-8(4-3-7)10(12)14-6-5-13-9/h2H,1,3-9H2,(H,12,13);1-4H,5-6H2. The Bertz CT molecular complexity index is 656. The van der Waals surface area contributed by atoms with Crippen LogP contribution in [-0.4, -0.2) is 42.2 Å². The summed E-state index contributed by atoms with van der Waals surface area (Å²) in [5.41, 5.74) is 0.895. The summed E-state index contributed by atoms with van der Waals surface area (Å²) in [4.78, 5) is 43.5. The molecule has 0 spiro atoms. The van der Waals surface area contributed by atoms with Crippen LogP contribution < -0.4 is 0 Å². The van der Waals surface area contributed by atoms with Crippen molar-refractivity contribution in [2.24, 2.45) is 0 Å². The van der Waals surface area contributed by atoms with Gasteiger partial charge in [-0.15, -0.1) is 0 Å². The molecule has 0 saturated heterocycles. The maximum atomic E-state index is 11.3. The Morgan fingerprint density at radius 2 is 1.34 bits per heavy atom. The van der Waals surface area contributed by atoms with E-state index >= 15 is 0 Å². The smallest absolute Gasteiger partial charge is 0.338 e. The first-order valence-electron chi connectivity index (χ1n) is 9.40. The minimum absolute atomic E-state index is 0.100. The largest absolute Gasteiger partial charge is 0.481 e. The number of benzene rings is 1. The fourth-order valence-electron chi connectivity index (χ4n) is 2.41. The molecule has 0 aromatic heterocycles. The van der Waals surface area contributed by atoms with Crippen molar-refractivity contribution in [3.63, 3.8) is 0 Å². The zero-order chi connectivity index (χ0) is 21.5. The van der Waals surface area contributed by atoms with Gasteiger partial charge in [-0.05, 0) is 37.1 Å². The lowest BCUT2D eigenvalue weighted by molar-refractivity contribution is -0.138. The van der Waals surface area contributed by atoms with Crippen molar-refractivity contribution >= 4 is 23.9 Å². The lowest BCUT2D eigenvalue weighted by Crippen LogP contribution is -2.16. The molecule has 3 rings (SSSR count). The number of carboxylic acids is 1. The Labute approximate surface area is 169 Å². The molecule has 2 heterocycles. The molecule has 158 valence electrons. The van der Waals surface area contributed by atoms with Crippen LogP contribution in [0.15, 0.2) is 37.1 Å². The number of carboxylic acid groups (broad SMARTS) is 1. The highest BCUT2D eigenvalue weighted by molar-refractivity contribution is 5.93. The number of ether oxygens (including phenoxy) is 3. The van der Waals surface area contributed by atoms with E-state index in [-0.39, 0.29) is 25.6 Å². The molecule has 0 amide bonds. The Morgan fingerprint density at radius 1 is 0.897 bits per heavy atom. The first-order valence-corrected chi connectivity index (χ1v) is 9.40. The fourth-order valence-corrected chi connectivity index (χ4v) is 2.41. The van der Waals surface area contributed by atoms with Crippen molar-refractivity contribution < 1.29 is 38.5 Å². The van der Waals surface area contributed by atoms with E-state index < -0.39 is 17.9 Å². The van der Waals surface area contributed by atoms with Gasteiger partial charge in [-0.3, -0.25) is 9.59 Å². The molecular formula is C21H26O8. The summed E-state index contributed by atoms with van der Waals surface area (Å²) in [7, 11) is 0. The number of aliphatic carboxylic acids is 1. The maximum Gasteiger partial charge on any atom is 0.338 e. The van der Waals surface area contributed by atoms with Crippen molar-refractivity contribution in [1.82, 2.24) is 0 Å². The summed E-state index contributed by atoms with van der Waals surface area (Å²) in [5.74, 6) is -1.79. The second kappa shape index (κ2) is 13.9. The molecule has 2 aliphatic rings. The number of hydrogen-bond donors (Lipinski definition) is 1. The molecule has 8 nitrogen and oxygen atoms in total. The van der Waals surface area contributed by atoms with E-state index in [4.69, 9.17) is 14.6 Å². The Hall–Kier alpha value is -3.16. The molecule has 0 saturated carbocycles. The predicted molar refractivity (Wildman–Crippen MR) is 103 cm³/mol. The molecular weight excluding hydrogens is 380 g/mol. The van der Waals surface area contributed by atoms with Gasteiger partial charge in [0.1, 0.15) is 13.2 Å². The molecule has 0 radical (unpaired) electrons. The Morgan fingerprint density at radius 3 is 1.79 bits per heavy atom. The van der Waals surface area contributed by atoms with E-state index in [0.717, 1.165) is 31.9 Å². The highest BCUT2D eigenvalue weighted by atomic mass is 16.6. The predicted octanol–water partition coefficient (Wildman–Crippen LogP) is 3.50. The highest BCUT2D eigenvalue weighted by Crippen LogP contribution is 2.09. The molecule has 29 heavy (non-hydrogen) atoms. The summed E-state index contributed by atoms with van der Waals surface area (Å²) in [6, 6.07) is 6.18. The van der Waals surface area contributed by atoms with Crippen LogP contribution in [0.3, 0.4) is 0 Å². The summed E-state index contributed by atoms with van der Waals surface area (Å²) in [6.45, 7) is 3.49. The number of carbonyl (C=O) groups excluding carboxylic acids is 3. The molecule has 0 unspecified atom stereocenters. The zero-order valence-corrected chi connectivity index (χ0v) is 16.3. The highest BCUT2D eigenvalue weighted by Gasteiger charge is 2.13. The van der Waals surface area contributed by atoms with Crippen LogP contribution >= 0.6 is 0 Å². The topological polar surface area (TPSA) is 116 Å². The summed E-state index contributed by atoms with van der Waals surface area (Å²) >= 11 is 0. The molecule has 8 heteroatoms.